The first kappa shape index (κ1) is 16.3. The first-order valence-corrected chi connectivity index (χ1v) is 6.08. The summed E-state index contributed by atoms with van der Waals surface area (Å²) in [4.78, 5) is 11.5. The molecule has 1 amide bonds. The highest BCUT2D eigenvalue weighted by molar-refractivity contribution is 5.77. The Bertz CT molecular complexity index is 449. The second-order valence-electron chi connectivity index (χ2n) is 4.39. The zero-order valence-corrected chi connectivity index (χ0v) is 11.0. The third-order valence-corrected chi connectivity index (χ3v) is 2.50. The van der Waals surface area contributed by atoms with Gasteiger partial charge in [0.25, 0.3) is 5.91 Å². The van der Waals surface area contributed by atoms with Crippen LogP contribution in [0.15, 0.2) is 24.3 Å². The van der Waals surface area contributed by atoms with E-state index < -0.39 is 24.5 Å². The minimum atomic E-state index is -4.31. The van der Waals surface area contributed by atoms with Crippen LogP contribution in [0.1, 0.15) is 18.9 Å². The highest BCUT2D eigenvalue weighted by Crippen LogP contribution is 2.21. The maximum absolute atomic E-state index is 12.1. The molecule has 20 heavy (non-hydrogen) atoms. The number of hydrogen-bond donors (Lipinski definition) is 2. The summed E-state index contributed by atoms with van der Waals surface area (Å²) in [5.74, 6) is -0.151. The molecule has 1 aromatic rings. The first-order valence-electron chi connectivity index (χ1n) is 6.08. The summed E-state index contributed by atoms with van der Waals surface area (Å²) in [5.41, 5.74) is 6.23. The summed E-state index contributed by atoms with van der Waals surface area (Å²) in [6.07, 6.45) is -5.38. The van der Waals surface area contributed by atoms with Gasteiger partial charge in [0.2, 0.25) is 0 Å². The van der Waals surface area contributed by atoms with Crippen LogP contribution < -0.4 is 15.8 Å². The van der Waals surface area contributed by atoms with Gasteiger partial charge in [0.1, 0.15) is 5.75 Å². The van der Waals surface area contributed by atoms with Gasteiger partial charge in [-0.3, -0.25) is 4.79 Å². The van der Waals surface area contributed by atoms with E-state index in [-0.39, 0.29) is 13.2 Å². The van der Waals surface area contributed by atoms with Crippen molar-refractivity contribution in [2.75, 3.05) is 6.61 Å². The highest BCUT2D eigenvalue weighted by atomic mass is 19.4. The van der Waals surface area contributed by atoms with Crippen LogP contribution >= 0.6 is 0 Å². The van der Waals surface area contributed by atoms with E-state index in [4.69, 9.17) is 10.5 Å². The molecule has 1 atom stereocenters. The summed E-state index contributed by atoms with van der Waals surface area (Å²) in [5, 5.41) is 2.23. The lowest BCUT2D eigenvalue weighted by Gasteiger charge is -2.16. The van der Waals surface area contributed by atoms with E-state index in [1.165, 1.54) is 6.92 Å². The number of alkyl halides is 3. The van der Waals surface area contributed by atoms with Crippen molar-refractivity contribution < 1.29 is 22.7 Å². The fourth-order valence-corrected chi connectivity index (χ4v) is 1.67. The van der Waals surface area contributed by atoms with Gasteiger partial charge in [-0.15, -0.1) is 0 Å². The van der Waals surface area contributed by atoms with Crippen molar-refractivity contribution in [2.24, 2.45) is 5.73 Å². The molecule has 0 bridgehead atoms. The quantitative estimate of drug-likeness (QED) is 0.842. The lowest BCUT2D eigenvalue weighted by molar-refractivity contribution is -0.141. The number of nitrogens with one attached hydrogen (secondary N) is 1. The number of nitrogens with two attached hydrogens (primary N) is 1. The molecule has 1 rings (SSSR count). The summed E-state index contributed by atoms with van der Waals surface area (Å²) < 4.78 is 41.6. The number of hydrogen-bond acceptors (Lipinski definition) is 3. The first-order chi connectivity index (χ1) is 9.31. The van der Waals surface area contributed by atoms with Crippen LogP contribution in [-0.2, 0) is 11.3 Å². The van der Waals surface area contributed by atoms with Crippen molar-refractivity contribution in [1.29, 1.82) is 0 Å². The molecule has 0 heterocycles. The molecular weight excluding hydrogens is 273 g/mol. The SMILES string of the molecule is CC(CC(F)(F)F)NC(=O)COc1ccccc1CN. The molecule has 1 aromatic carbocycles. The topological polar surface area (TPSA) is 64.3 Å². The molecule has 0 spiro atoms. The number of rotatable bonds is 6. The second kappa shape index (κ2) is 7.14. The molecule has 0 saturated carbocycles. The number of benzene rings is 1. The number of carbonyl (C=O) groups excluding carboxylic acids is 1. The smallest absolute Gasteiger partial charge is 0.391 e. The van der Waals surface area contributed by atoms with Gasteiger partial charge in [-0.05, 0) is 13.0 Å². The van der Waals surface area contributed by atoms with E-state index in [9.17, 15) is 18.0 Å². The minimum absolute atomic E-state index is 0.252. The Morgan fingerprint density at radius 1 is 1.40 bits per heavy atom. The summed E-state index contributed by atoms with van der Waals surface area (Å²) in [6, 6.07) is 5.91. The van der Waals surface area contributed by atoms with E-state index in [0.717, 1.165) is 5.56 Å². The van der Waals surface area contributed by atoms with E-state index >= 15 is 0 Å². The number of amides is 1. The molecule has 0 radical (unpaired) electrons. The number of para-hydroxylation sites is 1. The summed E-state index contributed by atoms with van der Waals surface area (Å²) >= 11 is 0. The molecule has 0 aliphatic carbocycles. The van der Waals surface area contributed by atoms with Gasteiger partial charge in [0.15, 0.2) is 6.61 Å². The molecule has 0 fully saturated rings. The van der Waals surface area contributed by atoms with Gasteiger partial charge < -0.3 is 15.8 Å². The van der Waals surface area contributed by atoms with Crippen molar-refractivity contribution >= 4 is 5.91 Å². The summed E-state index contributed by atoms with van der Waals surface area (Å²) in [6.45, 7) is 1.20. The third kappa shape index (κ3) is 5.92. The predicted molar refractivity (Wildman–Crippen MR) is 68.1 cm³/mol. The molecule has 3 N–H and O–H groups in total. The van der Waals surface area contributed by atoms with Gasteiger partial charge >= 0.3 is 6.18 Å². The van der Waals surface area contributed by atoms with Crippen molar-refractivity contribution in [3.63, 3.8) is 0 Å². The van der Waals surface area contributed by atoms with E-state index in [0.29, 0.717) is 5.75 Å². The Balaban J connectivity index is 2.43. The van der Waals surface area contributed by atoms with Gasteiger partial charge in [-0.2, -0.15) is 13.2 Å². The molecular formula is C13H17F3N2O2. The molecule has 1 unspecified atom stereocenters. The standard InChI is InChI=1S/C13H17F3N2O2/c1-9(6-13(14,15)16)18-12(19)8-20-11-5-3-2-4-10(11)7-17/h2-5,9H,6-8,17H2,1H3,(H,18,19). The Hall–Kier alpha value is -1.76. The van der Waals surface area contributed by atoms with E-state index in [1.807, 2.05) is 0 Å². The predicted octanol–water partition coefficient (Wildman–Crippen LogP) is 1.98. The van der Waals surface area contributed by atoms with Crippen LogP contribution in [0.2, 0.25) is 0 Å². The Morgan fingerprint density at radius 3 is 2.65 bits per heavy atom. The normalized spacial score (nSPS) is 12.8. The van der Waals surface area contributed by atoms with Crippen molar-refractivity contribution in [3.05, 3.63) is 29.8 Å². The molecule has 0 aliphatic rings. The summed E-state index contributed by atoms with van der Waals surface area (Å²) in [7, 11) is 0. The van der Waals surface area contributed by atoms with Gasteiger partial charge in [-0.1, -0.05) is 18.2 Å². The van der Waals surface area contributed by atoms with Crippen LogP contribution in [0, 0.1) is 0 Å². The molecule has 0 saturated heterocycles. The minimum Gasteiger partial charge on any atom is -0.483 e. The van der Waals surface area contributed by atoms with Crippen molar-refractivity contribution in [3.8, 4) is 5.75 Å². The molecule has 112 valence electrons. The number of carbonyl (C=O) groups is 1. The number of ether oxygens (including phenoxy) is 1. The molecule has 0 aliphatic heterocycles. The van der Waals surface area contributed by atoms with Crippen LogP contribution in [-0.4, -0.2) is 24.7 Å². The lowest BCUT2D eigenvalue weighted by atomic mass is 10.2. The fraction of sp³-hybridized carbons (Fsp3) is 0.462. The van der Waals surface area contributed by atoms with E-state index in [1.54, 1.807) is 24.3 Å². The van der Waals surface area contributed by atoms with Crippen LogP contribution in [0.25, 0.3) is 0 Å². The maximum atomic E-state index is 12.1. The fourth-order valence-electron chi connectivity index (χ4n) is 1.67. The second-order valence-corrected chi connectivity index (χ2v) is 4.39. The molecule has 0 aromatic heterocycles. The van der Waals surface area contributed by atoms with E-state index in [2.05, 4.69) is 5.32 Å². The van der Waals surface area contributed by atoms with Crippen molar-refractivity contribution in [1.82, 2.24) is 5.32 Å². The van der Waals surface area contributed by atoms with Crippen LogP contribution in [0.4, 0.5) is 13.2 Å². The molecule has 7 heteroatoms. The number of halogens is 3. The maximum Gasteiger partial charge on any atom is 0.391 e. The highest BCUT2D eigenvalue weighted by Gasteiger charge is 2.30. The van der Waals surface area contributed by atoms with Crippen LogP contribution in [0.5, 0.6) is 5.75 Å². The Morgan fingerprint density at radius 2 is 2.05 bits per heavy atom. The zero-order valence-electron chi connectivity index (χ0n) is 11.0. The van der Waals surface area contributed by atoms with Gasteiger partial charge in [0.05, 0.1) is 6.42 Å². The average molecular weight is 290 g/mol. The Kier molecular flexibility index (Phi) is 5.82. The van der Waals surface area contributed by atoms with Gasteiger partial charge in [-0.25, -0.2) is 0 Å². The monoisotopic (exact) mass is 290 g/mol. The molecule has 4 nitrogen and oxygen atoms in total. The van der Waals surface area contributed by atoms with Gasteiger partial charge in [0, 0.05) is 18.2 Å². The lowest BCUT2D eigenvalue weighted by Crippen LogP contribution is -2.38. The Labute approximate surface area is 115 Å². The third-order valence-electron chi connectivity index (χ3n) is 2.50. The largest absolute Gasteiger partial charge is 0.483 e. The zero-order chi connectivity index (χ0) is 15.2. The van der Waals surface area contributed by atoms with Crippen LogP contribution in [0.3, 0.4) is 0 Å². The average Bonchev–Trinajstić information content (AvgIpc) is 2.34. The van der Waals surface area contributed by atoms with Crippen molar-refractivity contribution in [2.45, 2.75) is 32.1 Å².